The van der Waals surface area contributed by atoms with Crippen LogP contribution >= 0.6 is 0 Å². The molecule has 1 aliphatic heterocycles. The fraction of sp³-hybridized carbons (Fsp3) is 0.160. The molecular weight excluding hydrogens is 416 g/mol. The third kappa shape index (κ3) is 4.64. The lowest BCUT2D eigenvalue weighted by molar-refractivity contribution is -0.123. The van der Waals surface area contributed by atoms with Gasteiger partial charge in [-0.3, -0.25) is 14.9 Å². The normalized spacial score (nSPS) is 13.2. The standard InChI is InChI=1S/C25H23N6O2/c32-23(16-31-22-8-4-3-7-21(22)26-14-13-24(31)33)27-15-17-9-11-18(12-10-17)28-25-29-19-5-1-2-6-20(19)30-25/h1-12H,13-16H2,(H,27,32)(H2,28,29,30). The number of aromatic amines is 1. The molecule has 3 aromatic carbocycles. The maximum Gasteiger partial charge on any atom is 0.240 e. The number of carbonyl (C=O) groups is 2. The molecule has 4 aromatic rings. The predicted octanol–water partition coefficient (Wildman–Crippen LogP) is 3.60. The van der Waals surface area contributed by atoms with E-state index >= 15 is 0 Å². The van der Waals surface area contributed by atoms with Crippen molar-refractivity contribution in [3.05, 3.63) is 78.4 Å². The summed E-state index contributed by atoms with van der Waals surface area (Å²) in [5.74, 6) is 0.357. The Morgan fingerprint density at radius 1 is 1.00 bits per heavy atom. The minimum Gasteiger partial charge on any atom is -0.350 e. The summed E-state index contributed by atoms with van der Waals surface area (Å²) < 4.78 is 0. The average Bonchev–Trinajstić information content (AvgIpc) is 3.17. The molecule has 0 bridgehead atoms. The van der Waals surface area contributed by atoms with E-state index in [1.165, 1.54) is 4.90 Å². The van der Waals surface area contributed by atoms with Crippen LogP contribution in [0.25, 0.3) is 11.0 Å². The van der Waals surface area contributed by atoms with Crippen molar-refractivity contribution >= 4 is 45.9 Å². The van der Waals surface area contributed by atoms with Gasteiger partial charge in [0.2, 0.25) is 17.8 Å². The second-order valence-corrected chi connectivity index (χ2v) is 7.80. The molecule has 1 aliphatic rings. The van der Waals surface area contributed by atoms with Gasteiger partial charge in [-0.05, 0) is 42.0 Å². The molecule has 5 rings (SSSR count). The van der Waals surface area contributed by atoms with Crippen molar-refractivity contribution in [2.75, 3.05) is 23.3 Å². The highest BCUT2D eigenvalue weighted by molar-refractivity contribution is 6.01. The smallest absolute Gasteiger partial charge is 0.240 e. The summed E-state index contributed by atoms with van der Waals surface area (Å²) in [6.07, 6.45) is 0.293. The Balaban J connectivity index is 1.18. The van der Waals surface area contributed by atoms with Crippen molar-refractivity contribution in [2.45, 2.75) is 13.0 Å². The first-order valence-corrected chi connectivity index (χ1v) is 10.8. The Hall–Kier alpha value is -4.33. The number of benzene rings is 3. The van der Waals surface area contributed by atoms with Crippen LogP contribution in [0.4, 0.5) is 23.0 Å². The molecule has 0 atom stereocenters. The fourth-order valence-corrected chi connectivity index (χ4v) is 3.80. The molecule has 0 aliphatic carbocycles. The molecule has 2 heterocycles. The van der Waals surface area contributed by atoms with Gasteiger partial charge in [0.05, 0.1) is 22.4 Å². The molecule has 8 nitrogen and oxygen atoms in total. The van der Waals surface area contributed by atoms with Crippen molar-refractivity contribution in [2.24, 2.45) is 0 Å². The van der Waals surface area contributed by atoms with Gasteiger partial charge in [-0.25, -0.2) is 4.98 Å². The van der Waals surface area contributed by atoms with Gasteiger partial charge in [-0.1, -0.05) is 36.4 Å². The number of fused-ring (bicyclic) bond motifs is 2. The summed E-state index contributed by atoms with van der Waals surface area (Å²) in [7, 11) is 0. The SMILES string of the molecule is O=C(CN1C(=O)CC[N]c2ccccc21)NCc1ccc(Nc2nc3ccccc3[nH]2)cc1. The Kier molecular flexibility index (Phi) is 5.63. The van der Waals surface area contributed by atoms with Gasteiger partial charge in [-0.15, -0.1) is 0 Å². The first kappa shape index (κ1) is 20.6. The highest BCUT2D eigenvalue weighted by atomic mass is 16.2. The van der Waals surface area contributed by atoms with Crippen LogP contribution < -0.4 is 20.9 Å². The molecule has 165 valence electrons. The molecule has 0 unspecified atom stereocenters. The molecular formula is C25H23N6O2. The fourth-order valence-electron chi connectivity index (χ4n) is 3.80. The second-order valence-electron chi connectivity index (χ2n) is 7.80. The number of amides is 2. The zero-order valence-corrected chi connectivity index (χ0v) is 17.9. The summed E-state index contributed by atoms with van der Waals surface area (Å²) in [5.41, 5.74) is 5.13. The van der Waals surface area contributed by atoms with E-state index < -0.39 is 0 Å². The number of anilines is 3. The van der Waals surface area contributed by atoms with Crippen LogP contribution in [-0.2, 0) is 16.1 Å². The van der Waals surface area contributed by atoms with E-state index in [-0.39, 0.29) is 18.4 Å². The number of rotatable bonds is 6. The van der Waals surface area contributed by atoms with Crippen LogP contribution in [0.2, 0.25) is 0 Å². The van der Waals surface area contributed by atoms with E-state index in [9.17, 15) is 9.59 Å². The molecule has 2 amide bonds. The molecule has 0 spiro atoms. The number of hydrogen-bond donors (Lipinski definition) is 3. The lowest BCUT2D eigenvalue weighted by Gasteiger charge is -2.21. The van der Waals surface area contributed by atoms with Gasteiger partial charge in [0, 0.05) is 25.2 Å². The van der Waals surface area contributed by atoms with Crippen molar-refractivity contribution in [1.82, 2.24) is 20.6 Å². The molecule has 0 saturated carbocycles. The number of nitrogens with one attached hydrogen (secondary N) is 3. The van der Waals surface area contributed by atoms with Crippen LogP contribution in [0.1, 0.15) is 12.0 Å². The zero-order valence-electron chi connectivity index (χ0n) is 17.9. The largest absolute Gasteiger partial charge is 0.350 e. The number of imidazole rings is 1. The van der Waals surface area contributed by atoms with Crippen LogP contribution in [0.3, 0.4) is 0 Å². The minimum atomic E-state index is -0.218. The van der Waals surface area contributed by atoms with E-state index in [1.54, 1.807) is 0 Å². The number of hydrogen-bond acceptors (Lipinski definition) is 4. The lowest BCUT2D eigenvalue weighted by atomic mass is 10.2. The Labute approximate surface area is 191 Å². The first-order chi connectivity index (χ1) is 16.2. The Morgan fingerprint density at radius 3 is 2.64 bits per heavy atom. The minimum absolute atomic E-state index is 0.0307. The van der Waals surface area contributed by atoms with E-state index in [1.807, 2.05) is 72.8 Å². The van der Waals surface area contributed by atoms with E-state index in [0.29, 0.717) is 31.1 Å². The van der Waals surface area contributed by atoms with Gasteiger partial charge < -0.3 is 20.5 Å². The van der Waals surface area contributed by atoms with Crippen molar-refractivity contribution in [1.29, 1.82) is 0 Å². The van der Waals surface area contributed by atoms with Gasteiger partial charge in [0.25, 0.3) is 0 Å². The molecule has 3 N–H and O–H groups in total. The van der Waals surface area contributed by atoms with Crippen molar-refractivity contribution in [3.8, 4) is 0 Å². The maximum absolute atomic E-state index is 12.6. The van der Waals surface area contributed by atoms with Crippen molar-refractivity contribution < 1.29 is 9.59 Å². The zero-order chi connectivity index (χ0) is 22.6. The van der Waals surface area contributed by atoms with Crippen LogP contribution in [0.15, 0.2) is 72.8 Å². The Morgan fingerprint density at radius 2 is 1.79 bits per heavy atom. The molecule has 0 fully saturated rings. The van der Waals surface area contributed by atoms with Crippen molar-refractivity contribution in [3.63, 3.8) is 0 Å². The molecule has 1 radical (unpaired) electrons. The summed E-state index contributed by atoms with van der Waals surface area (Å²) in [6.45, 7) is 0.775. The maximum atomic E-state index is 12.6. The summed E-state index contributed by atoms with van der Waals surface area (Å²) in [4.78, 5) is 34.3. The van der Waals surface area contributed by atoms with Gasteiger partial charge in [-0.2, -0.15) is 0 Å². The number of para-hydroxylation sites is 4. The highest BCUT2D eigenvalue weighted by Gasteiger charge is 2.24. The highest BCUT2D eigenvalue weighted by Crippen LogP contribution is 2.28. The number of H-pyrrole nitrogens is 1. The van der Waals surface area contributed by atoms with Crippen LogP contribution in [-0.4, -0.2) is 34.9 Å². The third-order valence-electron chi connectivity index (χ3n) is 5.48. The van der Waals surface area contributed by atoms with Gasteiger partial charge in [0.15, 0.2) is 0 Å². The molecule has 1 aromatic heterocycles. The summed E-state index contributed by atoms with van der Waals surface area (Å²) in [5, 5.41) is 10.6. The van der Waals surface area contributed by atoms with E-state index in [4.69, 9.17) is 0 Å². The average molecular weight is 439 g/mol. The molecule has 0 saturated heterocycles. The molecule has 8 heteroatoms. The Bertz CT molecular complexity index is 1260. The van der Waals surface area contributed by atoms with E-state index in [0.717, 1.165) is 28.0 Å². The summed E-state index contributed by atoms with van der Waals surface area (Å²) in [6, 6.07) is 23.0. The monoisotopic (exact) mass is 439 g/mol. The molecule has 33 heavy (non-hydrogen) atoms. The first-order valence-electron chi connectivity index (χ1n) is 10.8. The quantitative estimate of drug-likeness (QED) is 0.427. The lowest BCUT2D eigenvalue weighted by Crippen LogP contribution is -2.40. The number of nitrogens with zero attached hydrogens (tertiary/aromatic N) is 3. The third-order valence-corrected chi connectivity index (χ3v) is 5.48. The van der Waals surface area contributed by atoms with Gasteiger partial charge >= 0.3 is 0 Å². The number of aromatic nitrogens is 2. The van der Waals surface area contributed by atoms with Crippen LogP contribution in [0, 0.1) is 0 Å². The summed E-state index contributed by atoms with van der Waals surface area (Å²) >= 11 is 0. The van der Waals surface area contributed by atoms with Gasteiger partial charge in [0.1, 0.15) is 6.54 Å². The topological polar surface area (TPSA) is 104 Å². The van der Waals surface area contributed by atoms with Crippen LogP contribution in [0.5, 0.6) is 0 Å². The second kappa shape index (κ2) is 9.04. The number of carbonyl (C=O) groups excluding carboxylic acids is 2. The van der Waals surface area contributed by atoms with E-state index in [2.05, 4.69) is 25.9 Å². The predicted molar refractivity (Wildman–Crippen MR) is 128 cm³/mol.